The maximum Gasteiger partial charge on any atom is 0.0912 e. The van der Waals surface area contributed by atoms with Gasteiger partial charge >= 0.3 is 0 Å². The number of benzene rings is 4. The van der Waals surface area contributed by atoms with Crippen molar-refractivity contribution >= 4 is 34.0 Å². The van der Waals surface area contributed by atoms with E-state index in [-0.39, 0.29) is 5.41 Å². The molecule has 8 rings (SSSR count). The Morgan fingerprint density at radius 1 is 0.434 bits per heavy atom. The third-order valence-corrected chi connectivity index (χ3v) is 14.2. The number of thiophene rings is 2. The monoisotopic (exact) mass is 734 g/mol. The fraction of sp³-hybridized carbons (Fsp3) is 0.347. The van der Waals surface area contributed by atoms with Crippen molar-refractivity contribution in [2.75, 3.05) is 36.0 Å². The molecule has 0 saturated carbocycles. The van der Waals surface area contributed by atoms with Gasteiger partial charge in [-0.05, 0) is 107 Å². The molecule has 272 valence electrons. The molecule has 2 aliphatic carbocycles. The van der Waals surface area contributed by atoms with Crippen molar-refractivity contribution in [2.24, 2.45) is 0 Å². The maximum atomic E-state index is 2.59. The third-order valence-electron chi connectivity index (χ3n) is 11.5. The van der Waals surface area contributed by atoms with Gasteiger partial charge in [0.2, 0.25) is 0 Å². The number of hydrogen-bond acceptors (Lipinski definition) is 4. The summed E-state index contributed by atoms with van der Waals surface area (Å²) in [5.74, 6) is 0. The summed E-state index contributed by atoms with van der Waals surface area (Å²) < 4.78 is 0. The van der Waals surface area contributed by atoms with Crippen LogP contribution >= 0.6 is 22.7 Å². The van der Waals surface area contributed by atoms with Crippen LogP contribution in [-0.2, 0) is 5.41 Å². The Balaban J connectivity index is 1.22. The van der Waals surface area contributed by atoms with Crippen molar-refractivity contribution in [3.8, 4) is 43.1 Å². The zero-order chi connectivity index (χ0) is 36.4. The van der Waals surface area contributed by atoms with Gasteiger partial charge in [0, 0.05) is 57.1 Å². The summed E-state index contributed by atoms with van der Waals surface area (Å²) in [6, 6.07) is 42.4. The lowest BCUT2D eigenvalue weighted by Crippen LogP contribution is -2.25. The highest BCUT2D eigenvalue weighted by atomic mass is 32.1. The topological polar surface area (TPSA) is 6.48 Å². The van der Waals surface area contributed by atoms with E-state index in [1.54, 1.807) is 0 Å². The molecular formula is C49H54N2S2. The van der Waals surface area contributed by atoms with Gasteiger partial charge in [0.25, 0.3) is 0 Å². The Hall–Kier alpha value is -4.12. The Kier molecular flexibility index (Phi) is 10.6. The first kappa shape index (κ1) is 35.9. The van der Waals surface area contributed by atoms with Crippen LogP contribution in [-0.4, -0.2) is 26.2 Å². The minimum absolute atomic E-state index is 0.294. The highest BCUT2D eigenvalue weighted by molar-refractivity contribution is 7.19. The first-order valence-corrected chi connectivity index (χ1v) is 21.9. The molecule has 6 aromatic rings. The normalized spacial score (nSPS) is 13.2. The van der Waals surface area contributed by atoms with Gasteiger partial charge in [0.15, 0.2) is 0 Å². The second-order valence-electron chi connectivity index (χ2n) is 15.0. The molecule has 0 unspecified atom stereocenters. The van der Waals surface area contributed by atoms with E-state index in [0.29, 0.717) is 0 Å². The van der Waals surface area contributed by atoms with Gasteiger partial charge in [-0.2, -0.15) is 0 Å². The summed E-state index contributed by atoms with van der Waals surface area (Å²) in [5.41, 5.74) is 13.5. The van der Waals surface area contributed by atoms with E-state index < -0.39 is 0 Å². The summed E-state index contributed by atoms with van der Waals surface area (Å²) >= 11 is 4.02. The lowest BCUT2D eigenvalue weighted by atomic mass is 9.78. The molecule has 0 amide bonds. The van der Waals surface area contributed by atoms with E-state index >= 15 is 0 Å². The SMILES string of the molecule is CCCCN(CCCC)c1ccc(-c2cc3c(s2)C2(c4ccccc4-c4ccccc42)c2sc(-c4ccc(N(CCCC)CCCC)cc4)cc2-3)cc1. The molecule has 0 saturated heterocycles. The van der Waals surface area contributed by atoms with Crippen molar-refractivity contribution in [1.82, 2.24) is 0 Å². The molecule has 4 heteroatoms. The lowest BCUT2D eigenvalue weighted by molar-refractivity contribution is 0.678. The van der Waals surface area contributed by atoms with E-state index in [0.717, 1.165) is 26.2 Å². The number of anilines is 2. The first-order chi connectivity index (χ1) is 26.1. The van der Waals surface area contributed by atoms with Crippen LogP contribution < -0.4 is 9.80 Å². The molecule has 1 spiro atoms. The molecular weight excluding hydrogens is 681 g/mol. The second-order valence-corrected chi connectivity index (χ2v) is 17.1. The summed E-state index contributed by atoms with van der Waals surface area (Å²) in [6.45, 7) is 13.7. The van der Waals surface area contributed by atoms with Crippen LogP contribution in [0.1, 0.15) is 99.9 Å². The van der Waals surface area contributed by atoms with Gasteiger partial charge in [-0.15, -0.1) is 22.7 Å². The highest BCUT2D eigenvalue weighted by Crippen LogP contribution is 2.67. The fourth-order valence-corrected chi connectivity index (χ4v) is 11.5. The molecule has 0 aliphatic heterocycles. The standard InChI is InChI=1S/C49H54N2S2/c1-5-9-29-50(30-10-6-2)37-25-21-35(22-26-37)45-33-41-42-34-46(36-23-27-38(28-24-36)51(31-11-7-3)32-12-8-4)53-48(42)49(47(41)52-45)43-19-15-13-17-39(43)40-18-14-16-20-44(40)49/h13-28,33-34H,5-12,29-32H2,1-4H3. The smallest absolute Gasteiger partial charge is 0.0912 e. The number of fused-ring (bicyclic) bond motifs is 10. The number of nitrogens with zero attached hydrogens (tertiary/aromatic N) is 2. The van der Waals surface area contributed by atoms with Crippen LogP contribution in [0.4, 0.5) is 11.4 Å². The van der Waals surface area contributed by atoms with Crippen LogP contribution in [0, 0.1) is 0 Å². The minimum atomic E-state index is -0.294. The molecule has 0 radical (unpaired) electrons. The van der Waals surface area contributed by atoms with Gasteiger partial charge in [-0.1, -0.05) is 126 Å². The van der Waals surface area contributed by atoms with Gasteiger partial charge in [0.05, 0.1) is 5.41 Å². The zero-order valence-corrected chi connectivity index (χ0v) is 33.7. The van der Waals surface area contributed by atoms with E-state index in [4.69, 9.17) is 0 Å². The molecule has 0 N–H and O–H groups in total. The van der Waals surface area contributed by atoms with E-state index in [2.05, 4.69) is 147 Å². The largest absolute Gasteiger partial charge is 0.372 e. The molecule has 0 bridgehead atoms. The lowest BCUT2D eigenvalue weighted by Gasteiger charge is -2.28. The van der Waals surface area contributed by atoms with Gasteiger partial charge in [-0.25, -0.2) is 0 Å². The van der Waals surface area contributed by atoms with Gasteiger partial charge in [-0.3, -0.25) is 0 Å². The molecule has 4 aromatic carbocycles. The molecule has 2 aliphatic rings. The molecule has 0 fully saturated rings. The predicted molar refractivity (Wildman–Crippen MR) is 233 cm³/mol. The van der Waals surface area contributed by atoms with Crippen molar-refractivity contribution in [2.45, 2.75) is 84.5 Å². The fourth-order valence-electron chi connectivity index (χ4n) is 8.66. The quantitative estimate of drug-likeness (QED) is 0.0975. The summed E-state index contributed by atoms with van der Waals surface area (Å²) in [6.07, 6.45) is 9.85. The Bertz CT molecular complexity index is 1980. The van der Waals surface area contributed by atoms with Crippen LogP contribution in [0.25, 0.3) is 43.1 Å². The average molecular weight is 735 g/mol. The van der Waals surface area contributed by atoms with Crippen molar-refractivity contribution in [1.29, 1.82) is 0 Å². The van der Waals surface area contributed by atoms with Crippen LogP contribution in [0.3, 0.4) is 0 Å². The number of rotatable bonds is 16. The molecule has 2 heterocycles. The van der Waals surface area contributed by atoms with E-state index in [1.165, 1.54) is 127 Å². The highest BCUT2D eigenvalue weighted by Gasteiger charge is 2.54. The predicted octanol–water partition coefficient (Wildman–Crippen LogP) is 14.3. The second kappa shape index (κ2) is 15.7. The Labute approximate surface area is 326 Å². The Morgan fingerprint density at radius 2 is 0.792 bits per heavy atom. The maximum absolute atomic E-state index is 2.59. The van der Waals surface area contributed by atoms with Crippen LogP contribution in [0.2, 0.25) is 0 Å². The number of unbranched alkanes of at least 4 members (excludes halogenated alkanes) is 4. The van der Waals surface area contributed by atoms with Gasteiger partial charge in [0.1, 0.15) is 0 Å². The number of hydrogen-bond donors (Lipinski definition) is 0. The average Bonchev–Trinajstić information content (AvgIpc) is 3.96. The van der Waals surface area contributed by atoms with Crippen LogP contribution in [0.5, 0.6) is 0 Å². The van der Waals surface area contributed by atoms with Crippen molar-refractivity contribution in [3.05, 3.63) is 130 Å². The summed E-state index contributed by atoms with van der Waals surface area (Å²) in [7, 11) is 0. The zero-order valence-electron chi connectivity index (χ0n) is 32.1. The van der Waals surface area contributed by atoms with Crippen molar-refractivity contribution in [3.63, 3.8) is 0 Å². The van der Waals surface area contributed by atoms with Crippen molar-refractivity contribution < 1.29 is 0 Å². The molecule has 2 aromatic heterocycles. The third kappa shape index (κ3) is 6.36. The molecule has 2 nitrogen and oxygen atoms in total. The summed E-state index contributed by atoms with van der Waals surface area (Å²) in [4.78, 5) is 10.9. The van der Waals surface area contributed by atoms with E-state index in [9.17, 15) is 0 Å². The van der Waals surface area contributed by atoms with E-state index in [1.807, 2.05) is 22.7 Å². The molecule has 0 atom stereocenters. The van der Waals surface area contributed by atoms with Gasteiger partial charge < -0.3 is 9.80 Å². The summed E-state index contributed by atoms with van der Waals surface area (Å²) in [5, 5.41) is 0. The van der Waals surface area contributed by atoms with Crippen LogP contribution in [0.15, 0.2) is 109 Å². The Morgan fingerprint density at radius 3 is 1.15 bits per heavy atom. The first-order valence-electron chi connectivity index (χ1n) is 20.3. The minimum Gasteiger partial charge on any atom is -0.372 e. The molecule has 53 heavy (non-hydrogen) atoms.